The summed E-state index contributed by atoms with van der Waals surface area (Å²) in [6, 6.07) is 0. The predicted octanol–water partition coefficient (Wildman–Crippen LogP) is 1.44. The molecular formula is C9H14N6S2. The van der Waals surface area contributed by atoms with E-state index in [9.17, 15) is 0 Å². The van der Waals surface area contributed by atoms with Gasteiger partial charge in [-0.1, -0.05) is 11.8 Å². The smallest absolute Gasteiger partial charge is 0.231 e. The van der Waals surface area contributed by atoms with Crippen molar-refractivity contribution in [2.75, 3.05) is 20.6 Å². The molecule has 0 bridgehead atoms. The van der Waals surface area contributed by atoms with E-state index in [2.05, 4.69) is 44.6 Å². The first kappa shape index (κ1) is 12.5. The van der Waals surface area contributed by atoms with Crippen LogP contribution < -0.4 is 0 Å². The van der Waals surface area contributed by atoms with Crippen LogP contribution in [0.25, 0.3) is 0 Å². The summed E-state index contributed by atoms with van der Waals surface area (Å²) < 4.78 is 0. The maximum absolute atomic E-state index is 4.13. The highest BCUT2D eigenvalue weighted by Crippen LogP contribution is 2.37. The third kappa shape index (κ3) is 3.76. The van der Waals surface area contributed by atoms with E-state index >= 15 is 0 Å². The molecule has 0 radical (unpaired) electrons. The highest BCUT2D eigenvalue weighted by atomic mass is 32.2. The molecule has 0 aliphatic rings. The number of nitrogens with one attached hydrogen (secondary N) is 1. The van der Waals surface area contributed by atoms with Crippen LogP contribution in [0, 0.1) is 0 Å². The van der Waals surface area contributed by atoms with Gasteiger partial charge in [-0.3, -0.25) is 4.98 Å². The number of hydrogen-bond acceptors (Lipinski definition) is 7. The highest BCUT2D eigenvalue weighted by molar-refractivity contribution is 7.99. The molecule has 0 saturated heterocycles. The zero-order valence-electron chi connectivity index (χ0n) is 9.70. The van der Waals surface area contributed by atoms with Crippen LogP contribution in [0.15, 0.2) is 16.9 Å². The van der Waals surface area contributed by atoms with Gasteiger partial charge in [-0.2, -0.15) is 5.21 Å². The number of aromatic amines is 1. The Morgan fingerprint density at radius 3 is 3.00 bits per heavy atom. The van der Waals surface area contributed by atoms with Crippen LogP contribution in [-0.2, 0) is 0 Å². The van der Waals surface area contributed by atoms with Crippen molar-refractivity contribution in [3.63, 3.8) is 0 Å². The molecule has 0 saturated carbocycles. The van der Waals surface area contributed by atoms with Gasteiger partial charge in [0.25, 0.3) is 0 Å². The van der Waals surface area contributed by atoms with Crippen molar-refractivity contribution in [3.8, 4) is 0 Å². The van der Waals surface area contributed by atoms with Gasteiger partial charge in [0, 0.05) is 16.3 Å². The zero-order valence-corrected chi connectivity index (χ0v) is 11.3. The van der Waals surface area contributed by atoms with E-state index in [4.69, 9.17) is 0 Å². The Labute approximate surface area is 108 Å². The summed E-state index contributed by atoms with van der Waals surface area (Å²) in [5.74, 6) is 0. The minimum atomic E-state index is 0.336. The second-order valence-corrected chi connectivity index (χ2v) is 5.88. The van der Waals surface area contributed by atoms with E-state index in [1.165, 1.54) is 4.88 Å². The molecular weight excluding hydrogens is 256 g/mol. The largest absolute Gasteiger partial charge is 0.309 e. The summed E-state index contributed by atoms with van der Waals surface area (Å²) in [4.78, 5) is 7.55. The van der Waals surface area contributed by atoms with Crippen molar-refractivity contribution >= 4 is 23.1 Å². The minimum Gasteiger partial charge on any atom is -0.309 e. The summed E-state index contributed by atoms with van der Waals surface area (Å²) in [5, 5.41) is 15.0. The monoisotopic (exact) mass is 270 g/mol. The lowest BCUT2D eigenvalue weighted by Crippen LogP contribution is -2.14. The van der Waals surface area contributed by atoms with Crippen LogP contribution >= 0.6 is 23.1 Å². The third-order valence-corrected chi connectivity index (χ3v) is 4.38. The quantitative estimate of drug-likeness (QED) is 0.801. The van der Waals surface area contributed by atoms with Gasteiger partial charge in [0.05, 0.1) is 5.51 Å². The molecule has 6 nitrogen and oxygen atoms in total. The lowest BCUT2D eigenvalue weighted by Gasteiger charge is -2.15. The first-order chi connectivity index (χ1) is 8.25. The van der Waals surface area contributed by atoms with E-state index in [0.29, 0.717) is 10.4 Å². The summed E-state index contributed by atoms with van der Waals surface area (Å²) in [6.45, 7) is 1.02. The summed E-state index contributed by atoms with van der Waals surface area (Å²) in [6.07, 6.45) is 2.95. The second-order valence-electron chi connectivity index (χ2n) is 3.80. The van der Waals surface area contributed by atoms with Crippen LogP contribution in [0.2, 0.25) is 0 Å². The minimum absolute atomic E-state index is 0.336. The van der Waals surface area contributed by atoms with Crippen LogP contribution in [-0.4, -0.2) is 51.1 Å². The molecule has 1 unspecified atom stereocenters. The number of hydrogen-bond donors (Lipinski definition) is 1. The molecule has 0 amide bonds. The Hall–Kier alpha value is -0.990. The van der Waals surface area contributed by atoms with Crippen molar-refractivity contribution < 1.29 is 0 Å². The van der Waals surface area contributed by atoms with Gasteiger partial charge < -0.3 is 4.90 Å². The lowest BCUT2D eigenvalue weighted by molar-refractivity contribution is 0.399. The van der Waals surface area contributed by atoms with Gasteiger partial charge >= 0.3 is 0 Å². The van der Waals surface area contributed by atoms with Gasteiger partial charge in [-0.25, -0.2) is 0 Å². The molecule has 17 heavy (non-hydrogen) atoms. The number of aromatic nitrogens is 5. The SMILES string of the molecule is CN(C)CCC(Sc1nn[nH]n1)c1cncs1. The molecule has 2 heterocycles. The molecule has 0 aromatic carbocycles. The van der Waals surface area contributed by atoms with Crippen molar-refractivity contribution in [2.45, 2.75) is 16.8 Å². The van der Waals surface area contributed by atoms with E-state index in [1.54, 1.807) is 23.1 Å². The molecule has 2 rings (SSSR count). The fourth-order valence-electron chi connectivity index (χ4n) is 1.35. The van der Waals surface area contributed by atoms with E-state index in [1.807, 2.05) is 11.7 Å². The Morgan fingerprint density at radius 1 is 1.53 bits per heavy atom. The fourth-order valence-corrected chi connectivity index (χ4v) is 3.13. The molecule has 0 aliphatic heterocycles. The Morgan fingerprint density at radius 2 is 2.41 bits per heavy atom. The van der Waals surface area contributed by atoms with Gasteiger partial charge in [0.1, 0.15) is 0 Å². The lowest BCUT2D eigenvalue weighted by atomic mass is 10.2. The van der Waals surface area contributed by atoms with Gasteiger partial charge in [0.15, 0.2) is 0 Å². The van der Waals surface area contributed by atoms with Crippen LogP contribution in [0.4, 0.5) is 0 Å². The van der Waals surface area contributed by atoms with Crippen LogP contribution in [0.1, 0.15) is 16.5 Å². The average molecular weight is 270 g/mol. The number of thioether (sulfide) groups is 1. The summed E-state index contributed by atoms with van der Waals surface area (Å²) >= 11 is 3.29. The first-order valence-corrected chi connectivity index (χ1v) is 6.95. The standard InChI is InChI=1S/C9H14N6S2/c1-15(2)4-3-7(8-5-10-6-16-8)17-9-11-13-14-12-9/h5-7H,3-4H2,1-2H3,(H,11,12,13,14). The topological polar surface area (TPSA) is 70.6 Å². The Kier molecular flexibility index (Phi) is 4.46. The normalized spacial score (nSPS) is 13.1. The summed E-state index contributed by atoms with van der Waals surface area (Å²) in [5.41, 5.74) is 1.86. The maximum atomic E-state index is 4.13. The Bertz CT molecular complexity index is 413. The van der Waals surface area contributed by atoms with Crippen LogP contribution in [0.3, 0.4) is 0 Å². The number of tetrazole rings is 1. The van der Waals surface area contributed by atoms with Gasteiger partial charge in [-0.05, 0) is 32.3 Å². The number of thiazole rings is 1. The molecule has 1 N–H and O–H groups in total. The van der Waals surface area contributed by atoms with Crippen molar-refractivity contribution in [2.24, 2.45) is 0 Å². The molecule has 8 heteroatoms. The van der Waals surface area contributed by atoms with Crippen LogP contribution in [0.5, 0.6) is 0 Å². The average Bonchev–Trinajstić information content (AvgIpc) is 2.96. The maximum Gasteiger partial charge on any atom is 0.231 e. The molecule has 0 aliphatic carbocycles. The number of rotatable bonds is 6. The molecule has 1 atom stereocenters. The van der Waals surface area contributed by atoms with E-state index in [-0.39, 0.29) is 0 Å². The highest BCUT2D eigenvalue weighted by Gasteiger charge is 2.17. The zero-order chi connectivity index (χ0) is 12.1. The molecule has 92 valence electrons. The van der Waals surface area contributed by atoms with E-state index < -0.39 is 0 Å². The van der Waals surface area contributed by atoms with Gasteiger partial charge in [-0.15, -0.1) is 21.5 Å². The molecule has 2 aromatic rings. The number of H-pyrrole nitrogens is 1. The fraction of sp³-hybridized carbons (Fsp3) is 0.556. The van der Waals surface area contributed by atoms with Crippen molar-refractivity contribution in [1.29, 1.82) is 0 Å². The molecule has 0 spiro atoms. The number of nitrogens with zero attached hydrogens (tertiary/aromatic N) is 5. The van der Waals surface area contributed by atoms with Crippen molar-refractivity contribution in [3.05, 3.63) is 16.6 Å². The van der Waals surface area contributed by atoms with Crippen molar-refractivity contribution in [1.82, 2.24) is 30.5 Å². The molecule has 2 aromatic heterocycles. The van der Waals surface area contributed by atoms with E-state index in [0.717, 1.165) is 13.0 Å². The predicted molar refractivity (Wildman–Crippen MR) is 68.1 cm³/mol. The summed E-state index contributed by atoms with van der Waals surface area (Å²) in [7, 11) is 4.14. The Balaban J connectivity index is 2.02. The van der Waals surface area contributed by atoms with Gasteiger partial charge in [0.2, 0.25) is 5.16 Å². The second kappa shape index (κ2) is 6.08. The third-order valence-electron chi connectivity index (χ3n) is 2.18. The first-order valence-electron chi connectivity index (χ1n) is 5.19. The molecule has 0 fully saturated rings.